The van der Waals surface area contributed by atoms with Crippen molar-refractivity contribution in [1.29, 1.82) is 0 Å². The van der Waals surface area contributed by atoms with Crippen LogP contribution < -0.4 is 14.4 Å². The van der Waals surface area contributed by atoms with Crippen LogP contribution in [0.2, 0.25) is 10.0 Å². The Hall–Kier alpha value is -2.76. The van der Waals surface area contributed by atoms with E-state index in [0.717, 1.165) is 24.1 Å². The SMILES string of the molecule is COc1cccc2c1N(C(=O)c1cccnc1Oc1cc(Cl)ccc1Cl)CCC2. The lowest BCUT2D eigenvalue weighted by Crippen LogP contribution is -2.36. The molecule has 1 aromatic heterocycles. The number of anilines is 1. The first-order valence-corrected chi connectivity index (χ1v) is 9.89. The number of rotatable bonds is 4. The number of pyridine rings is 1. The number of nitrogens with zero attached hydrogens (tertiary/aromatic N) is 2. The summed E-state index contributed by atoms with van der Waals surface area (Å²) in [6.07, 6.45) is 3.32. The van der Waals surface area contributed by atoms with Crippen LogP contribution in [0.1, 0.15) is 22.3 Å². The van der Waals surface area contributed by atoms with Crippen LogP contribution in [-0.2, 0) is 6.42 Å². The van der Waals surface area contributed by atoms with E-state index in [9.17, 15) is 4.79 Å². The minimum Gasteiger partial charge on any atom is -0.495 e. The van der Waals surface area contributed by atoms with E-state index in [0.29, 0.717) is 33.7 Å². The molecule has 1 aliphatic rings. The zero-order chi connectivity index (χ0) is 20.4. The minimum atomic E-state index is -0.211. The second-order valence-electron chi connectivity index (χ2n) is 6.56. The van der Waals surface area contributed by atoms with Gasteiger partial charge in [0.1, 0.15) is 17.1 Å². The Morgan fingerprint density at radius 1 is 1.10 bits per heavy atom. The third kappa shape index (κ3) is 3.88. The Kier molecular flexibility index (Phi) is 5.60. The molecule has 0 atom stereocenters. The fourth-order valence-electron chi connectivity index (χ4n) is 3.42. The lowest BCUT2D eigenvalue weighted by Gasteiger charge is -2.31. The van der Waals surface area contributed by atoms with E-state index < -0.39 is 0 Å². The topological polar surface area (TPSA) is 51.7 Å². The van der Waals surface area contributed by atoms with Gasteiger partial charge in [-0.2, -0.15) is 0 Å². The molecule has 3 aromatic rings. The van der Waals surface area contributed by atoms with E-state index >= 15 is 0 Å². The second kappa shape index (κ2) is 8.31. The average Bonchev–Trinajstić information content (AvgIpc) is 2.75. The first-order chi connectivity index (χ1) is 14.1. The Morgan fingerprint density at radius 2 is 1.97 bits per heavy atom. The van der Waals surface area contributed by atoms with Gasteiger partial charge in [0, 0.05) is 23.8 Å². The van der Waals surface area contributed by atoms with Gasteiger partial charge in [-0.15, -0.1) is 0 Å². The van der Waals surface area contributed by atoms with Gasteiger partial charge in [0.05, 0.1) is 17.8 Å². The predicted molar refractivity (Wildman–Crippen MR) is 114 cm³/mol. The zero-order valence-electron chi connectivity index (χ0n) is 15.7. The highest BCUT2D eigenvalue weighted by molar-refractivity contribution is 6.34. The van der Waals surface area contributed by atoms with E-state index in [2.05, 4.69) is 4.98 Å². The summed E-state index contributed by atoms with van der Waals surface area (Å²) < 4.78 is 11.4. The van der Waals surface area contributed by atoms with Gasteiger partial charge in [0.25, 0.3) is 5.91 Å². The Balaban J connectivity index is 1.73. The smallest absolute Gasteiger partial charge is 0.263 e. The molecule has 2 heterocycles. The van der Waals surface area contributed by atoms with Crippen LogP contribution in [0.25, 0.3) is 0 Å². The van der Waals surface area contributed by atoms with Gasteiger partial charge in [-0.1, -0.05) is 35.3 Å². The second-order valence-corrected chi connectivity index (χ2v) is 7.40. The van der Waals surface area contributed by atoms with Crippen LogP contribution in [0, 0.1) is 0 Å². The molecule has 5 nitrogen and oxygen atoms in total. The monoisotopic (exact) mass is 428 g/mol. The first-order valence-electron chi connectivity index (χ1n) is 9.14. The lowest BCUT2D eigenvalue weighted by atomic mass is 10.00. The molecule has 7 heteroatoms. The van der Waals surface area contributed by atoms with Crippen LogP contribution in [0.5, 0.6) is 17.4 Å². The maximum Gasteiger partial charge on any atom is 0.263 e. The molecule has 0 N–H and O–H groups in total. The zero-order valence-corrected chi connectivity index (χ0v) is 17.2. The molecule has 148 valence electrons. The van der Waals surface area contributed by atoms with Gasteiger partial charge < -0.3 is 14.4 Å². The largest absolute Gasteiger partial charge is 0.495 e. The number of halogens is 2. The van der Waals surface area contributed by atoms with E-state index in [4.69, 9.17) is 32.7 Å². The van der Waals surface area contributed by atoms with Crippen molar-refractivity contribution >= 4 is 34.8 Å². The number of fused-ring (bicyclic) bond motifs is 1. The molecule has 1 aliphatic heterocycles. The molecule has 4 rings (SSSR count). The van der Waals surface area contributed by atoms with E-state index in [1.165, 1.54) is 0 Å². The van der Waals surface area contributed by atoms with Gasteiger partial charge in [0.2, 0.25) is 5.88 Å². The Bertz CT molecular complexity index is 1060. The summed E-state index contributed by atoms with van der Waals surface area (Å²) in [4.78, 5) is 19.5. The molecule has 29 heavy (non-hydrogen) atoms. The summed E-state index contributed by atoms with van der Waals surface area (Å²) in [5, 5.41) is 0.853. The van der Waals surface area contributed by atoms with Crippen molar-refractivity contribution in [1.82, 2.24) is 4.98 Å². The number of methoxy groups -OCH3 is 1. The summed E-state index contributed by atoms with van der Waals surface area (Å²) in [6, 6.07) is 14.1. The summed E-state index contributed by atoms with van der Waals surface area (Å²) in [6.45, 7) is 0.582. The van der Waals surface area contributed by atoms with Crippen LogP contribution in [0.4, 0.5) is 5.69 Å². The van der Waals surface area contributed by atoms with Crippen LogP contribution in [0.3, 0.4) is 0 Å². The molecule has 1 amide bonds. The highest BCUT2D eigenvalue weighted by Crippen LogP contribution is 2.38. The molecular formula is C22H18Cl2N2O3. The number of carbonyl (C=O) groups is 1. The Morgan fingerprint density at radius 3 is 2.79 bits per heavy atom. The van der Waals surface area contributed by atoms with Crippen molar-refractivity contribution in [3.05, 3.63) is 75.9 Å². The van der Waals surface area contributed by atoms with E-state index in [1.807, 2.05) is 18.2 Å². The molecule has 0 saturated carbocycles. The summed E-state index contributed by atoms with van der Waals surface area (Å²) in [5.74, 6) is 0.962. The fraction of sp³-hybridized carbons (Fsp3) is 0.182. The number of carbonyl (C=O) groups excluding carboxylic acids is 1. The molecule has 2 aromatic carbocycles. The molecule has 0 bridgehead atoms. The average molecular weight is 429 g/mol. The number of para-hydroxylation sites is 1. The molecule has 0 spiro atoms. The number of ether oxygens (including phenoxy) is 2. The number of hydrogen-bond donors (Lipinski definition) is 0. The highest BCUT2D eigenvalue weighted by Gasteiger charge is 2.29. The van der Waals surface area contributed by atoms with Crippen molar-refractivity contribution in [3.63, 3.8) is 0 Å². The number of amides is 1. The van der Waals surface area contributed by atoms with Crippen LogP contribution in [-0.4, -0.2) is 24.5 Å². The minimum absolute atomic E-state index is 0.170. The summed E-state index contributed by atoms with van der Waals surface area (Å²) in [5.41, 5.74) is 2.21. The quantitative estimate of drug-likeness (QED) is 0.528. The maximum absolute atomic E-state index is 13.5. The van der Waals surface area contributed by atoms with Gasteiger partial charge in [-0.05, 0) is 48.7 Å². The van der Waals surface area contributed by atoms with Gasteiger partial charge in [0.15, 0.2) is 0 Å². The highest BCUT2D eigenvalue weighted by atomic mass is 35.5. The van der Waals surface area contributed by atoms with Crippen molar-refractivity contribution < 1.29 is 14.3 Å². The van der Waals surface area contributed by atoms with Crippen LogP contribution in [0.15, 0.2) is 54.7 Å². The fourth-order valence-corrected chi connectivity index (χ4v) is 3.74. The Labute approximate surface area is 178 Å². The number of hydrogen-bond acceptors (Lipinski definition) is 4. The normalized spacial score (nSPS) is 13.0. The van der Waals surface area contributed by atoms with Gasteiger partial charge in [-0.25, -0.2) is 4.98 Å². The molecule has 0 radical (unpaired) electrons. The molecule has 0 aliphatic carbocycles. The number of aromatic nitrogens is 1. The van der Waals surface area contributed by atoms with Crippen LogP contribution >= 0.6 is 23.2 Å². The van der Waals surface area contributed by atoms with E-state index in [-0.39, 0.29) is 11.8 Å². The van der Waals surface area contributed by atoms with Gasteiger partial charge in [-0.3, -0.25) is 4.79 Å². The standard InChI is InChI=1S/C22H18Cl2N2O3/c1-28-18-8-2-5-14-6-4-12-26(20(14)18)22(27)16-7-3-11-25-21(16)29-19-13-15(23)9-10-17(19)24/h2-3,5,7-11,13H,4,6,12H2,1H3. The van der Waals surface area contributed by atoms with Crippen molar-refractivity contribution in [2.75, 3.05) is 18.6 Å². The number of benzene rings is 2. The maximum atomic E-state index is 13.5. The molecule has 0 saturated heterocycles. The third-order valence-corrected chi connectivity index (χ3v) is 5.29. The van der Waals surface area contributed by atoms with Gasteiger partial charge >= 0.3 is 0 Å². The van der Waals surface area contributed by atoms with E-state index in [1.54, 1.807) is 48.5 Å². The molecular weight excluding hydrogens is 411 g/mol. The molecule has 0 unspecified atom stereocenters. The predicted octanol–water partition coefficient (Wildman–Crippen LogP) is 5.78. The van der Waals surface area contributed by atoms with Crippen molar-refractivity contribution in [3.8, 4) is 17.4 Å². The first kappa shape index (κ1) is 19.6. The third-order valence-electron chi connectivity index (χ3n) is 4.75. The van der Waals surface area contributed by atoms with Crippen molar-refractivity contribution in [2.24, 2.45) is 0 Å². The lowest BCUT2D eigenvalue weighted by molar-refractivity contribution is 0.0981. The molecule has 0 fully saturated rings. The summed E-state index contributed by atoms with van der Waals surface area (Å²) in [7, 11) is 1.60. The number of aryl methyl sites for hydroxylation is 1. The summed E-state index contributed by atoms with van der Waals surface area (Å²) >= 11 is 12.3. The van der Waals surface area contributed by atoms with Crippen molar-refractivity contribution in [2.45, 2.75) is 12.8 Å².